The highest BCUT2D eigenvalue weighted by Gasteiger charge is 2.45. The number of alkyl halides is 3. The lowest BCUT2D eigenvalue weighted by Crippen LogP contribution is -2.34. The van der Waals surface area contributed by atoms with Crippen LogP contribution in [0.2, 0.25) is 0 Å². The van der Waals surface area contributed by atoms with E-state index in [0.29, 0.717) is 6.08 Å². The number of halogens is 3. The third-order valence-electron chi connectivity index (χ3n) is 0.726. The maximum absolute atomic E-state index is 11.5. The van der Waals surface area contributed by atoms with E-state index in [4.69, 9.17) is 5.11 Å². The zero-order valence-corrected chi connectivity index (χ0v) is 4.92. The van der Waals surface area contributed by atoms with Crippen molar-refractivity contribution >= 4 is 12.0 Å². The van der Waals surface area contributed by atoms with Gasteiger partial charge in [-0.3, -0.25) is 0 Å². The van der Waals surface area contributed by atoms with Crippen molar-refractivity contribution < 1.29 is 27.9 Å². The summed E-state index contributed by atoms with van der Waals surface area (Å²) in [6, 6.07) is -3.00. The van der Waals surface area contributed by atoms with E-state index in [1.807, 2.05) is 0 Å². The summed E-state index contributed by atoms with van der Waals surface area (Å²) >= 11 is 0. The van der Waals surface area contributed by atoms with Crippen LogP contribution in [0.15, 0.2) is 4.99 Å². The highest BCUT2D eigenvalue weighted by molar-refractivity contribution is 5.75. The van der Waals surface area contributed by atoms with Gasteiger partial charge in [-0.15, -0.1) is 0 Å². The number of carbonyl (C=O) groups excluding carboxylic acids is 1. The van der Waals surface area contributed by atoms with Gasteiger partial charge in [-0.2, -0.15) is 18.2 Å². The Balaban J connectivity index is 4.61. The number of carboxylic acid groups (broad SMARTS) is 1. The molecule has 0 rings (SSSR count). The van der Waals surface area contributed by atoms with Crippen molar-refractivity contribution in [3.05, 3.63) is 0 Å². The third-order valence-corrected chi connectivity index (χ3v) is 0.726. The summed E-state index contributed by atoms with van der Waals surface area (Å²) in [6.07, 6.45) is -4.51. The summed E-state index contributed by atoms with van der Waals surface area (Å²) in [5.41, 5.74) is 0. The fraction of sp³-hybridized carbons (Fsp3) is 0.500. The van der Waals surface area contributed by atoms with Crippen LogP contribution in [0.25, 0.3) is 0 Å². The number of aliphatic imine (C=N–C) groups is 1. The molecule has 0 aromatic rings. The average Bonchev–Trinajstić information content (AvgIpc) is 1.79. The molecule has 0 saturated carbocycles. The summed E-state index contributed by atoms with van der Waals surface area (Å²) in [5, 5.41) is 7.85. The first-order chi connectivity index (χ1) is 4.89. The molecule has 7 heteroatoms. The highest BCUT2D eigenvalue weighted by Crippen LogP contribution is 2.22. The summed E-state index contributed by atoms with van der Waals surface area (Å²) < 4.78 is 34.5. The summed E-state index contributed by atoms with van der Waals surface area (Å²) in [6.45, 7) is 0. The maximum Gasteiger partial charge on any atom is 0.422 e. The zero-order chi connectivity index (χ0) is 9.07. The van der Waals surface area contributed by atoms with Gasteiger partial charge in [0.1, 0.15) is 0 Å². The van der Waals surface area contributed by atoms with Crippen LogP contribution in [0.1, 0.15) is 0 Å². The quantitative estimate of drug-likeness (QED) is 0.478. The number of carbonyl (C=O) groups is 1. The molecule has 1 unspecified atom stereocenters. The Morgan fingerprint density at radius 3 is 2.09 bits per heavy atom. The summed E-state index contributed by atoms with van der Waals surface area (Å²) in [5.74, 6) is -2.22. The minimum atomic E-state index is -5.04. The van der Waals surface area contributed by atoms with Crippen LogP contribution in [0.4, 0.5) is 13.2 Å². The first-order valence-electron chi connectivity index (χ1n) is 2.26. The van der Waals surface area contributed by atoms with Gasteiger partial charge < -0.3 is 5.11 Å². The Kier molecular flexibility index (Phi) is 2.77. The third kappa shape index (κ3) is 2.81. The fourth-order valence-electron chi connectivity index (χ4n) is 0.321. The molecule has 0 amide bonds. The van der Waals surface area contributed by atoms with E-state index in [1.54, 1.807) is 0 Å². The molecule has 0 aliphatic heterocycles. The molecule has 4 nitrogen and oxygen atoms in total. The molecule has 0 bridgehead atoms. The second-order valence-corrected chi connectivity index (χ2v) is 1.50. The fourth-order valence-corrected chi connectivity index (χ4v) is 0.321. The molecular formula is C4H2F3NO3. The normalized spacial score (nSPS) is 13.4. The lowest BCUT2D eigenvalue weighted by atomic mass is 10.3. The van der Waals surface area contributed by atoms with Crippen molar-refractivity contribution in [1.29, 1.82) is 0 Å². The van der Waals surface area contributed by atoms with Crippen LogP contribution in [0.5, 0.6) is 0 Å². The monoisotopic (exact) mass is 169 g/mol. The van der Waals surface area contributed by atoms with Crippen LogP contribution in [0, 0.1) is 0 Å². The van der Waals surface area contributed by atoms with Crippen molar-refractivity contribution in [2.75, 3.05) is 0 Å². The Morgan fingerprint density at radius 2 is 2.00 bits per heavy atom. The predicted molar refractivity (Wildman–Crippen MR) is 25.6 cm³/mol. The molecule has 0 spiro atoms. The van der Waals surface area contributed by atoms with Gasteiger partial charge in [-0.25, -0.2) is 9.59 Å². The van der Waals surface area contributed by atoms with Crippen LogP contribution in [0.3, 0.4) is 0 Å². The van der Waals surface area contributed by atoms with E-state index in [9.17, 15) is 22.8 Å². The van der Waals surface area contributed by atoms with E-state index in [1.165, 1.54) is 0 Å². The summed E-state index contributed by atoms with van der Waals surface area (Å²) in [4.78, 5) is 21.1. The molecule has 0 fully saturated rings. The zero-order valence-electron chi connectivity index (χ0n) is 4.92. The number of nitrogens with zero attached hydrogens (tertiary/aromatic N) is 1. The highest BCUT2D eigenvalue weighted by atomic mass is 19.4. The van der Waals surface area contributed by atoms with Crippen LogP contribution >= 0.6 is 0 Å². The molecule has 0 aliphatic carbocycles. The van der Waals surface area contributed by atoms with Crippen molar-refractivity contribution in [3.8, 4) is 0 Å². The Morgan fingerprint density at radius 1 is 1.55 bits per heavy atom. The SMILES string of the molecule is O=C=NC(C(=O)O)C(F)(F)F. The van der Waals surface area contributed by atoms with E-state index < -0.39 is 18.2 Å². The number of isocyanates is 1. The van der Waals surface area contributed by atoms with Crippen molar-refractivity contribution in [3.63, 3.8) is 0 Å². The van der Waals surface area contributed by atoms with Gasteiger partial charge >= 0.3 is 12.1 Å². The Bertz CT molecular complexity index is 203. The molecule has 62 valence electrons. The largest absolute Gasteiger partial charge is 0.479 e. The maximum atomic E-state index is 11.5. The molecule has 0 aromatic heterocycles. The molecule has 0 radical (unpaired) electrons. The van der Waals surface area contributed by atoms with Crippen molar-refractivity contribution in [2.24, 2.45) is 4.99 Å². The van der Waals surface area contributed by atoms with E-state index >= 15 is 0 Å². The molecule has 1 atom stereocenters. The molecule has 0 saturated heterocycles. The first-order valence-corrected chi connectivity index (χ1v) is 2.26. The van der Waals surface area contributed by atoms with Gasteiger partial charge in [-0.05, 0) is 0 Å². The van der Waals surface area contributed by atoms with E-state index in [2.05, 4.69) is 4.99 Å². The lowest BCUT2D eigenvalue weighted by molar-refractivity contribution is -0.174. The number of hydrogen-bond acceptors (Lipinski definition) is 3. The number of aliphatic carboxylic acids is 1. The van der Waals surface area contributed by atoms with Gasteiger partial charge in [0.15, 0.2) is 0 Å². The lowest BCUT2D eigenvalue weighted by Gasteiger charge is -2.08. The van der Waals surface area contributed by atoms with Gasteiger partial charge in [0.2, 0.25) is 6.08 Å². The molecule has 0 aliphatic rings. The van der Waals surface area contributed by atoms with Crippen LogP contribution in [-0.4, -0.2) is 29.4 Å². The number of carboxylic acids is 1. The van der Waals surface area contributed by atoms with Crippen molar-refractivity contribution in [1.82, 2.24) is 0 Å². The topological polar surface area (TPSA) is 66.7 Å². The minimum Gasteiger partial charge on any atom is -0.479 e. The molecule has 11 heavy (non-hydrogen) atoms. The van der Waals surface area contributed by atoms with Gasteiger partial charge in [0.05, 0.1) is 0 Å². The molecule has 0 heterocycles. The van der Waals surface area contributed by atoms with Crippen LogP contribution in [-0.2, 0) is 9.59 Å². The van der Waals surface area contributed by atoms with Gasteiger partial charge in [0, 0.05) is 0 Å². The van der Waals surface area contributed by atoms with Gasteiger partial charge in [0.25, 0.3) is 6.04 Å². The Hall–Kier alpha value is -1.36. The van der Waals surface area contributed by atoms with E-state index in [-0.39, 0.29) is 0 Å². The van der Waals surface area contributed by atoms with E-state index in [0.717, 1.165) is 0 Å². The predicted octanol–water partition coefficient (Wildman–Crippen LogP) is 0.338. The first kappa shape index (κ1) is 9.64. The standard InChI is InChI=1S/C4H2F3NO3/c5-4(6,7)2(3(10)11)8-1-9/h2H,(H,10,11). The summed E-state index contributed by atoms with van der Waals surface area (Å²) in [7, 11) is 0. The minimum absolute atomic E-state index is 0.530. The number of rotatable bonds is 2. The van der Waals surface area contributed by atoms with Crippen LogP contribution < -0.4 is 0 Å². The Labute approximate surface area is 58.3 Å². The second kappa shape index (κ2) is 3.16. The van der Waals surface area contributed by atoms with Crippen molar-refractivity contribution in [2.45, 2.75) is 12.2 Å². The molecule has 1 N–H and O–H groups in total. The smallest absolute Gasteiger partial charge is 0.422 e. The molecule has 0 aromatic carbocycles. The molecular weight excluding hydrogens is 167 g/mol. The number of hydrogen-bond donors (Lipinski definition) is 1. The van der Waals surface area contributed by atoms with Gasteiger partial charge in [-0.1, -0.05) is 0 Å². The second-order valence-electron chi connectivity index (χ2n) is 1.50. The average molecular weight is 169 g/mol.